The lowest BCUT2D eigenvalue weighted by atomic mass is 10.0. The summed E-state index contributed by atoms with van der Waals surface area (Å²) in [5.74, 6) is 0.536. The Kier molecular flexibility index (Phi) is 4.53. The quantitative estimate of drug-likeness (QED) is 0.784. The molecule has 0 saturated heterocycles. The van der Waals surface area contributed by atoms with Crippen molar-refractivity contribution in [2.24, 2.45) is 0 Å². The van der Waals surface area contributed by atoms with Crippen LogP contribution in [0.4, 0.5) is 0 Å². The summed E-state index contributed by atoms with van der Waals surface area (Å²) in [5.41, 5.74) is 3.39. The van der Waals surface area contributed by atoms with Crippen molar-refractivity contribution in [1.29, 1.82) is 0 Å². The van der Waals surface area contributed by atoms with Crippen LogP contribution in [0.2, 0.25) is 0 Å². The molecule has 3 heteroatoms. The summed E-state index contributed by atoms with van der Waals surface area (Å²) >= 11 is 0. The molecule has 0 heterocycles. The van der Waals surface area contributed by atoms with Gasteiger partial charge in [0.05, 0.1) is 0 Å². The van der Waals surface area contributed by atoms with Crippen LogP contribution in [0.1, 0.15) is 38.8 Å². The molecule has 0 atom stereocenters. The Labute approximate surface area is 124 Å². The third-order valence-corrected chi connectivity index (χ3v) is 3.31. The van der Waals surface area contributed by atoms with Gasteiger partial charge < -0.3 is 4.74 Å². The van der Waals surface area contributed by atoms with Crippen LogP contribution in [0.3, 0.4) is 0 Å². The fourth-order valence-electron chi connectivity index (χ4n) is 2.14. The van der Waals surface area contributed by atoms with Crippen molar-refractivity contribution in [2.75, 3.05) is 6.61 Å². The van der Waals surface area contributed by atoms with Crippen molar-refractivity contribution >= 4 is 11.6 Å². The minimum Gasteiger partial charge on any atom is -0.485 e. The molecule has 0 amide bonds. The van der Waals surface area contributed by atoms with Gasteiger partial charge in [0.25, 0.3) is 0 Å². The van der Waals surface area contributed by atoms with E-state index in [9.17, 15) is 9.59 Å². The Morgan fingerprint density at radius 1 is 1.00 bits per heavy atom. The molecule has 0 aliphatic carbocycles. The third-order valence-electron chi connectivity index (χ3n) is 3.31. The molecule has 0 radical (unpaired) electrons. The number of carbonyl (C=O) groups excluding carboxylic acids is 2. The van der Waals surface area contributed by atoms with Gasteiger partial charge in [-0.3, -0.25) is 9.59 Å². The van der Waals surface area contributed by atoms with Gasteiger partial charge in [0.2, 0.25) is 0 Å². The standard InChI is InChI=1S/C18H18O3/c1-12-4-9-17(13(2)10-12)18(20)11-21-16-7-5-15(6-8-16)14(3)19/h4-10H,11H2,1-3H3. The largest absolute Gasteiger partial charge is 0.485 e. The number of rotatable bonds is 5. The predicted molar refractivity (Wildman–Crippen MR) is 82.2 cm³/mol. The molecule has 2 rings (SSSR count). The molecule has 3 nitrogen and oxygen atoms in total. The summed E-state index contributed by atoms with van der Waals surface area (Å²) in [6.45, 7) is 5.42. The minimum absolute atomic E-state index is 0.00732. The molecule has 0 N–H and O–H groups in total. The highest BCUT2D eigenvalue weighted by atomic mass is 16.5. The van der Waals surface area contributed by atoms with Crippen LogP contribution >= 0.6 is 0 Å². The molecule has 0 saturated carbocycles. The lowest BCUT2D eigenvalue weighted by Gasteiger charge is -2.08. The van der Waals surface area contributed by atoms with Crippen molar-refractivity contribution in [2.45, 2.75) is 20.8 Å². The molecule has 0 bridgehead atoms. The number of Topliss-reactive ketones (excluding diaryl/α,β-unsaturated/α-hetero) is 2. The molecule has 2 aromatic carbocycles. The van der Waals surface area contributed by atoms with Crippen LogP contribution < -0.4 is 4.74 Å². The fraction of sp³-hybridized carbons (Fsp3) is 0.222. The molecule has 0 aromatic heterocycles. The molecular formula is C18H18O3. The highest BCUT2D eigenvalue weighted by Crippen LogP contribution is 2.15. The van der Waals surface area contributed by atoms with Crippen molar-refractivity contribution in [1.82, 2.24) is 0 Å². The first-order chi connectivity index (χ1) is 9.97. The predicted octanol–water partition coefficient (Wildman–Crippen LogP) is 3.77. The van der Waals surface area contributed by atoms with Crippen molar-refractivity contribution in [3.63, 3.8) is 0 Å². The van der Waals surface area contributed by atoms with Gasteiger partial charge in [-0.25, -0.2) is 0 Å². The Morgan fingerprint density at radius 2 is 1.67 bits per heavy atom. The van der Waals surface area contributed by atoms with E-state index in [1.165, 1.54) is 6.92 Å². The van der Waals surface area contributed by atoms with Gasteiger partial charge in [-0.2, -0.15) is 0 Å². The van der Waals surface area contributed by atoms with E-state index in [1.54, 1.807) is 24.3 Å². The Bertz CT molecular complexity index is 669. The maximum atomic E-state index is 12.1. The number of aryl methyl sites for hydroxylation is 2. The smallest absolute Gasteiger partial charge is 0.200 e. The molecule has 0 aliphatic heterocycles. The van der Waals surface area contributed by atoms with E-state index in [1.807, 2.05) is 32.0 Å². The van der Waals surface area contributed by atoms with Crippen LogP contribution in [-0.4, -0.2) is 18.2 Å². The number of hydrogen-bond acceptors (Lipinski definition) is 3. The second-order valence-corrected chi connectivity index (χ2v) is 5.11. The molecular weight excluding hydrogens is 264 g/mol. The maximum Gasteiger partial charge on any atom is 0.200 e. The summed E-state index contributed by atoms with van der Waals surface area (Å²) in [7, 11) is 0. The van der Waals surface area contributed by atoms with Crippen LogP contribution in [-0.2, 0) is 0 Å². The highest BCUT2D eigenvalue weighted by molar-refractivity contribution is 5.98. The zero-order valence-electron chi connectivity index (χ0n) is 12.5. The third kappa shape index (κ3) is 3.78. The number of benzene rings is 2. The zero-order chi connectivity index (χ0) is 15.4. The number of carbonyl (C=O) groups is 2. The van der Waals surface area contributed by atoms with Crippen LogP contribution in [0, 0.1) is 13.8 Å². The first kappa shape index (κ1) is 15.0. The van der Waals surface area contributed by atoms with E-state index in [-0.39, 0.29) is 18.2 Å². The molecule has 21 heavy (non-hydrogen) atoms. The summed E-state index contributed by atoms with van der Waals surface area (Å²) in [5, 5.41) is 0. The molecule has 0 fully saturated rings. The fourth-order valence-corrected chi connectivity index (χ4v) is 2.14. The molecule has 0 aliphatic rings. The first-order valence-corrected chi connectivity index (χ1v) is 6.81. The topological polar surface area (TPSA) is 43.4 Å². The van der Waals surface area contributed by atoms with Gasteiger partial charge in [-0.15, -0.1) is 0 Å². The Hall–Kier alpha value is -2.42. The van der Waals surface area contributed by atoms with E-state index in [0.29, 0.717) is 16.9 Å². The average Bonchev–Trinajstić information content (AvgIpc) is 2.45. The van der Waals surface area contributed by atoms with E-state index >= 15 is 0 Å². The first-order valence-electron chi connectivity index (χ1n) is 6.81. The van der Waals surface area contributed by atoms with Crippen LogP contribution in [0.15, 0.2) is 42.5 Å². The van der Waals surface area contributed by atoms with E-state index in [0.717, 1.165) is 11.1 Å². The van der Waals surface area contributed by atoms with Gasteiger partial charge >= 0.3 is 0 Å². The van der Waals surface area contributed by atoms with Gasteiger partial charge in [-0.1, -0.05) is 23.8 Å². The summed E-state index contributed by atoms with van der Waals surface area (Å²) in [6, 6.07) is 12.5. The summed E-state index contributed by atoms with van der Waals surface area (Å²) in [6.07, 6.45) is 0. The Balaban J connectivity index is 2.02. The van der Waals surface area contributed by atoms with Crippen LogP contribution in [0.5, 0.6) is 5.75 Å². The number of hydrogen-bond donors (Lipinski definition) is 0. The zero-order valence-corrected chi connectivity index (χ0v) is 12.5. The van der Waals surface area contributed by atoms with Gasteiger partial charge in [0.15, 0.2) is 18.2 Å². The minimum atomic E-state index is -0.0526. The van der Waals surface area contributed by atoms with Gasteiger partial charge in [0, 0.05) is 11.1 Å². The normalized spacial score (nSPS) is 10.2. The number of ketones is 2. The van der Waals surface area contributed by atoms with Gasteiger partial charge in [0.1, 0.15) is 5.75 Å². The second-order valence-electron chi connectivity index (χ2n) is 5.11. The monoisotopic (exact) mass is 282 g/mol. The van der Waals surface area contributed by atoms with Crippen molar-refractivity contribution in [3.05, 3.63) is 64.7 Å². The highest BCUT2D eigenvalue weighted by Gasteiger charge is 2.10. The summed E-state index contributed by atoms with van der Waals surface area (Å²) in [4.78, 5) is 23.3. The SMILES string of the molecule is CC(=O)c1ccc(OCC(=O)c2ccc(C)cc2C)cc1. The van der Waals surface area contributed by atoms with Crippen LogP contribution in [0.25, 0.3) is 0 Å². The van der Waals surface area contributed by atoms with Crippen molar-refractivity contribution < 1.29 is 14.3 Å². The molecule has 2 aromatic rings. The van der Waals surface area contributed by atoms with E-state index in [4.69, 9.17) is 4.74 Å². The Morgan fingerprint density at radius 3 is 2.24 bits per heavy atom. The molecule has 0 unspecified atom stereocenters. The summed E-state index contributed by atoms with van der Waals surface area (Å²) < 4.78 is 5.48. The molecule has 0 spiro atoms. The van der Waals surface area contributed by atoms with E-state index in [2.05, 4.69) is 0 Å². The maximum absolute atomic E-state index is 12.1. The van der Waals surface area contributed by atoms with E-state index < -0.39 is 0 Å². The average molecular weight is 282 g/mol. The lowest BCUT2D eigenvalue weighted by Crippen LogP contribution is -2.13. The second kappa shape index (κ2) is 6.35. The molecule has 108 valence electrons. The van der Waals surface area contributed by atoms with Gasteiger partial charge in [-0.05, 0) is 50.6 Å². The van der Waals surface area contributed by atoms with Crippen molar-refractivity contribution in [3.8, 4) is 5.75 Å². The number of ether oxygens (including phenoxy) is 1. The lowest BCUT2D eigenvalue weighted by molar-refractivity contribution is 0.0919.